The van der Waals surface area contributed by atoms with Gasteiger partial charge in [-0.25, -0.2) is 9.18 Å². The van der Waals surface area contributed by atoms with Crippen molar-refractivity contribution in [3.05, 3.63) is 52.4 Å². The Morgan fingerprint density at radius 1 is 1.37 bits per heavy atom. The third-order valence-electron chi connectivity index (χ3n) is 4.89. The minimum absolute atomic E-state index is 0.100. The maximum Gasteiger partial charge on any atom is 0.328 e. The molecule has 0 aliphatic heterocycles. The number of carboxylic acids is 1. The Labute approximate surface area is 159 Å². The molecule has 1 saturated carbocycles. The summed E-state index contributed by atoms with van der Waals surface area (Å²) in [6.07, 6.45) is 4.97. The van der Waals surface area contributed by atoms with Crippen LogP contribution in [0.15, 0.2) is 40.4 Å². The number of hydrogen-bond acceptors (Lipinski definition) is 4. The smallest absolute Gasteiger partial charge is 0.328 e. The molecule has 0 spiro atoms. The number of nitrogens with zero attached hydrogens (tertiary/aromatic N) is 1. The van der Waals surface area contributed by atoms with Gasteiger partial charge in [-0.1, -0.05) is 18.6 Å². The van der Waals surface area contributed by atoms with Crippen molar-refractivity contribution in [2.75, 3.05) is 6.54 Å². The van der Waals surface area contributed by atoms with E-state index in [0.29, 0.717) is 23.3 Å². The zero-order chi connectivity index (χ0) is 20.0. The number of aliphatic carboxylic acids is 1. The van der Waals surface area contributed by atoms with Crippen LogP contribution in [0.1, 0.15) is 50.2 Å². The normalized spacial score (nSPS) is 18.9. The Hall–Kier alpha value is -2.47. The fourth-order valence-corrected chi connectivity index (χ4v) is 3.41. The quantitative estimate of drug-likeness (QED) is 0.524. The van der Waals surface area contributed by atoms with E-state index in [0.717, 1.165) is 42.5 Å². The molecule has 1 aliphatic carbocycles. The van der Waals surface area contributed by atoms with Gasteiger partial charge in [-0.15, -0.1) is 0 Å². The Morgan fingerprint density at radius 3 is 2.56 bits per heavy atom. The summed E-state index contributed by atoms with van der Waals surface area (Å²) in [6, 6.07) is 5.05. The number of allylic oxidation sites excluding steroid dienone is 1. The lowest BCUT2D eigenvalue weighted by Gasteiger charge is -2.22. The van der Waals surface area contributed by atoms with Crippen LogP contribution in [0.25, 0.3) is 5.70 Å². The number of hydrogen-bond donors (Lipinski definition) is 3. The second-order valence-corrected chi connectivity index (χ2v) is 6.88. The van der Waals surface area contributed by atoms with Crippen molar-refractivity contribution in [2.24, 2.45) is 16.5 Å². The largest absolute Gasteiger partial charge is 0.478 e. The van der Waals surface area contributed by atoms with E-state index in [1.54, 1.807) is 6.07 Å². The molecule has 0 amide bonds. The average Bonchev–Trinajstić information content (AvgIpc) is 2.62. The van der Waals surface area contributed by atoms with Gasteiger partial charge in [-0.2, -0.15) is 0 Å². The van der Waals surface area contributed by atoms with E-state index < -0.39 is 5.97 Å². The van der Waals surface area contributed by atoms with E-state index in [1.807, 2.05) is 19.9 Å². The lowest BCUT2D eigenvalue weighted by atomic mass is 9.90. The molecule has 5 nitrogen and oxygen atoms in total. The summed E-state index contributed by atoms with van der Waals surface area (Å²) in [5.74, 6) is -1.27. The molecule has 27 heavy (non-hydrogen) atoms. The van der Waals surface area contributed by atoms with E-state index >= 15 is 0 Å². The molecule has 0 heterocycles. The first-order valence-corrected chi connectivity index (χ1v) is 9.30. The molecule has 6 heteroatoms. The molecule has 5 N–H and O–H groups in total. The van der Waals surface area contributed by atoms with Crippen LogP contribution >= 0.6 is 0 Å². The second-order valence-electron chi connectivity index (χ2n) is 6.88. The van der Waals surface area contributed by atoms with Crippen LogP contribution in [0.3, 0.4) is 0 Å². The van der Waals surface area contributed by atoms with Crippen LogP contribution in [0.5, 0.6) is 0 Å². The van der Waals surface area contributed by atoms with Gasteiger partial charge < -0.3 is 16.6 Å². The Kier molecular flexibility index (Phi) is 7.30. The van der Waals surface area contributed by atoms with Crippen molar-refractivity contribution >= 4 is 17.4 Å². The first kappa shape index (κ1) is 20.8. The zero-order valence-corrected chi connectivity index (χ0v) is 16.0. The molecule has 0 aromatic heterocycles. The number of carbonyl (C=O) groups is 1. The van der Waals surface area contributed by atoms with Crippen LogP contribution in [0.4, 0.5) is 4.39 Å². The summed E-state index contributed by atoms with van der Waals surface area (Å²) >= 11 is 0. The van der Waals surface area contributed by atoms with Gasteiger partial charge in [0.05, 0.1) is 6.04 Å². The lowest BCUT2D eigenvalue weighted by molar-refractivity contribution is -0.131. The van der Waals surface area contributed by atoms with Crippen molar-refractivity contribution in [2.45, 2.75) is 52.0 Å². The molecular formula is C21H28FN3O2. The number of halogens is 1. The maximum absolute atomic E-state index is 14.3. The SMILES string of the molecule is CCC(=NC1CCC(=CC(=O)O)CC1)/C(CN)=C(\N)c1ccc(C)cc1F. The molecule has 1 aromatic rings. The molecule has 0 bridgehead atoms. The Morgan fingerprint density at radius 2 is 2.04 bits per heavy atom. The van der Waals surface area contributed by atoms with E-state index in [9.17, 15) is 9.18 Å². The zero-order valence-electron chi connectivity index (χ0n) is 16.0. The molecule has 1 aliphatic rings. The summed E-state index contributed by atoms with van der Waals surface area (Å²) in [7, 11) is 0. The van der Waals surface area contributed by atoms with E-state index in [4.69, 9.17) is 21.6 Å². The van der Waals surface area contributed by atoms with Crippen molar-refractivity contribution in [1.29, 1.82) is 0 Å². The van der Waals surface area contributed by atoms with Crippen molar-refractivity contribution in [1.82, 2.24) is 0 Å². The topological polar surface area (TPSA) is 102 Å². The van der Waals surface area contributed by atoms with Gasteiger partial charge in [-0.05, 0) is 56.7 Å². The van der Waals surface area contributed by atoms with Crippen LogP contribution in [0, 0.1) is 12.7 Å². The van der Waals surface area contributed by atoms with Gasteiger partial charge in [0.15, 0.2) is 0 Å². The third-order valence-corrected chi connectivity index (χ3v) is 4.89. The molecule has 146 valence electrons. The van der Waals surface area contributed by atoms with Crippen molar-refractivity contribution in [3.63, 3.8) is 0 Å². The predicted molar refractivity (Wildman–Crippen MR) is 107 cm³/mol. The number of rotatable bonds is 6. The summed E-state index contributed by atoms with van der Waals surface area (Å²) in [5.41, 5.74) is 16.1. The molecule has 1 fully saturated rings. The minimum atomic E-state index is -0.901. The first-order valence-electron chi connectivity index (χ1n) is 9.30. The molecule has 0 saturated heterocycles. The lowest BCUT2D eigenvalue weighted by Crippen LogP contribution is -2.21. The summed E-state index contributed by atoms with van der Waals surface area (Å²) in [6.45, 7) is 3.99. The molecule has 0 atom stereocenters. The monoisotopic (exact) mass is 373 g/mol. The fraction of sp³-hybridized carbons (Fsp3) is 0.429. The average molecular weight is 373 g/mol. The Balaban J connectivity index is 2.28. The molecule has 1 aromatic carbocycles. The fourth-order valence-electron chi connectivity index (χ4n) is 3.41. The van der Waals surface area contributed by atoms with Gasteiger partial charge in [0.1, 0.15) is 5.82 Å². The second kappa shape index (κ2) is 9.46. The number of nitrogens with two attached hydrogens (primary N) is 2. The Bertz CT molecular complexity index is 787. The first-order chi connectivity index (χ1) is 12.8. The van der Waals surface area contributed by atoms with Crippen molar-refractivity contribution in [3.8, 4) is 0 Å². The van der Waals surface area contributed by atoms with Crippen LogP contribution in [0.2, 0.25) is 0 Å². The summed E-state index contributed by atoms with van der Waals surface area (Å²) in [5, 5.41) is 8.86. The van der Waals surface area contributed by atoms with E-state index in [2.05, 4.69) is 0 Å². The summed E-state index contributed by atoms with van der Waals surface area (Å²) in [4.78, 5) is 15.6. The summed E-state index contributed by atoms with van der Waals surface area (Å²) < 4.78 is 14.3. The number of carboxylic acid groups (broad SMARTS) is 1. The van der Waals surface area contributed by atoms with Gasteiger partial charge in [0, 0.05) is 35.2 Å². The van der Waals surface area contributed by atoms with Gasteiger partial charge in [-0.3, -0.25) is 4.99 Å². The highest BCUT2D eigenvalue weighted by Crippen LogP contribution is 2.27. The molecule has 0 unspecified atom stereocenters. The third kappa shape index (κ3) is 5.50. The number of aliphatic imine (C=N–C) groups is 1. The van der Waals surface area contributed by atoms with E-state index in [-0.39, 0.29) is 18.4 Å². The highest BCUT2D eigenvalue weighted by atomic mass is 19.1. The van der Waals surface area contributed by atoms with Crippen LogP contribution in [-0.4, -0.2) is 29.4 Å². The molecule has 0 radical (unpaired) electrons. The predicted octanol–water partition coefficient (Wildman–Crippen LogP) is 3.57. The van der Waals surface area contributed by atoms with Crippen LogP contribution in [-0.2, 0) is 4.79 Å². The number of aryl methyl sites for hydroxylation is 1. The number of benzene rings is 1. The van der Waals surface area contributed by atoms with Crippen LogP contribution < -0.4 is 11.5 Å². The molecular weight excluding hydrogens is 345 g/mol. The van der Waals surface area contributed by atoms with Gasteiger partial charge in [0.25, 0.3) is 0 Å². The van der Waals surface area contributed by atoms with Gasteiger partial charge in [0.2, 0.25) is 0 Å². The van der Waals surface area contributed by atoms with E-state index in [1.165, 1.54) is 12.1 Å². The van der Waals surface area contributed by atoms with Crippen molar-refractivity contribution < 1.29 is 14.3 Å². The highest BCUT2D eigenvalue weighted by Gasteiger charge is 2.19. The van der Waals surface area contributed by atoms with Gasteiger partial charge >= 0.3 is 5.97 Å². The standard InChI is InChI=1S/C21H28FN3O2/c1-3-19(25-15-7-5-14(6-8-15)11-20(26)27)17(12-23)21(24)16-9-4-13(2)10-18(16)22/h4,9-11,15H,3,5-8,12,23-24H2,1-2H3,(H,26,27)/b14-11?,21-17-,25-19?. The minimum Gasteiger partial charge on any atom is -0.478 e. The highest BCUT2D eigenvalue weighted by molar-refractivity contribution is 6.06. The molecule has 2 rings (SSSR count). The maximum atomic E-state index is 14.3.